The lowest BCUT2D eigenvalue weighted by atomic mass is 9.92. The van der Waals surface area contributed by atoms with Crippen LogP contribution in [0.15, 0.2) is 30.3 Å². The third-order valence-electron chi connectivity index (χ3n) is 3.09. The van der Waals surface area contributed by atoms with Gasteiger partial charge < -0.3 is 10.5 Å². The lowest BCUT2D eigenvalue weighted by molar-refractivity contribution is 0.0286. The van der Waals surface area contributed by atoms with Crippen molar-refractivity contribution in [1.29, 1.82) is 0 Å². The summed E-state index contributed by atoms with van der Waals surface area (Å²) in [5, 5.41) is 0. The standard InChI is InChI=1S/C13H20N2O/c1-13(14,12-5-3-2-4-6-12)11-15-7-9-16-10-8-15/h2-6H,7-11,14H2,1H3/t13-/m1/s1. The van der Waals surface area contributed by atoms with Crippen LogP contribution in [0.25, 0.3) is 0 Å². The Hall–Kier alpha value is -0.900. The van der Waals surface area contributed by atoms with Gasteiger partial charge in [0.2, 0.25) is 0 Å². The number of hydrogen-bond acceptors (Lipinski definition) is 3. The first kappa shape index (κ1) is 11.6. The number of hydrogen-bond donors (Lipinski definition) is 1. The monoisotopic (exact) mass is 220 g/mol. The van der Waals surface area contributed by atoms with Crippen LogP contribution >= 0.6 is 0 Å². The maximum absolute atomic E-state index is 6.39. The molecule has 0 unspecified atom stereocenters. The Morgan fingerprint density at radius 3 is 2.50 bits per heavy atom. The zero-order valence-electron chi connectivity index (χ0n) is 9.86. The molecule has 0 aliphatic carbocycles. The Kier molecular flexibility index (Phi) is 3.59. The molecular formula is C13H20N2O. The molecule has 1 heterocycles. The van der Waals surface area contributed by atoms with Crippen LogP contribution in [0.2, 0.25) is 0 Å². The molecule has 1 atom stereocenters. The molecule has 2 rings (SSSR count). The van der Waals surface area contributed by atoms with Crippen LogP contribution in [0.3, 0.4) is 0 Å². The highest BCUT2D eigenvalue weighted by Crippen LogP contribution is 2.19. The predicted octanol–water partition coefficient (Wildman–Crippen LogP) is 1.19. The van der Waals surface area contributed by atoms with Crippen LogP contribution in [-0.2, 0) is 10.3 Å². The van der Waals surface area contributed by atoms with Crippen LogP contribution in [0.5, 0.6) is 0 Å². The van der Waals surface area contributed by atoms with Crippen molar-refractivity contribution in [2.45, 2.75) is 12.5 Å². The molecule has 0 aromatic heterocycles. The molecule has 1 fully saturated rings. The van der Waals surface area contributed by atoms with Gasteiger partial charge in [0, 0.05) is 19.6 Å². The van der Waals surface area contributed by atoms with Crippen LogP contribution in [0.1, 0.15) is 12.5 Å². The average Bonchev–Trinajstić information content (AvgIpc) is 2.31. The van der Waals surface area contributed by atoms with Crippen molar-refractivity contribution in [2.75, 3.05) is 32.8 Å². The molecule has 3 heteroatoms. The van der Waals surface area contributed by atoms with Gasteiger partial charge in [-0.2, -0.15) is 0 Å². The van der Waals surface area contributed by atoms with E-state index in [1.54, 1.807) is 0 Å². The fourth-order valence-electron chi connectivity index (χ4n) is 2.13. The number of nitrogens with two attached hydrogens (primary N) is 1. The summed E-state index contributed by atoms with van der Waals surface area (Å²) in [5.74, 6) is 0. The zero-order chi connectivity index (χ0) is 11.4. The van der Waals surface area contributed by atoms with Crippen molar-refractivity contribution in [2.24, 2.45) is 5.73 Å². The summed E-state index contributed by atoms with van der Waals surface area (Å²) in [6, 6.07) is 10.3. The molecule has 0 bridgehead atoms. The van der Waals surface area contributed by atoms with E-state index in [0.717, 1.165) is 32.8 Å². The Morgan fingerprint density at radius 2 is 1.88 bits per heavy atom. The highest BCUT2D eigenvalue weighted by atomic mass is 16.5. The first-order chi connectivity index (χ1) is 7.68. The van der Waals surface area contributed by atoms with Gasteiger partial charge >= 0.3 is 0 Å². The second-order valence-electron chi connectivity index (χ2n) is 4.67. The van der Waals surface area contributed by atoms with E-state index >= 15 is 0 Å². The molecule has 0 amide bonds. The third-order valence-corrected chi connectivity index (χ3v) is 3.09. The smallest absolute Gasteiger partial charge is 0.0594 e. The van der Waals surface area contributed by atoms with E-state index in [1.807, 2.05) is 18.2 Å². The SMILES string of the molecule is C[C@@](N)(CN1CCOCC1)c1ccccc1. The van der Waals surface area contributed by atoms with Crippen molar-refractivity contribution in [3.8, 4) is 0 Å². The van der Waals surface area contributed by atoms with Gasteiger partial charge in [-0.15, -0.1) is 0 Å². The molecule has 0 spiro atoms. The minimum Gasteiger partial charge on any atom is -0.379 e. The van der Waals surface area contributed by atoms with Gasteiger partial charge in [0.25, 0.3) is 0 Å². The first-order valence-electron chi connectivity index (χ1n) is 5.83. The van der Waals surface area contributed by atoms with Crippen molar-refractivity contribution in [1.82, 2.24) is 4.90 Å². The second-order valence-corrected chi connectivity index (χ2v) is 4.67. The lowest BCUT2D eigenvalue weighted by Crippen LogP contribution is -2.49. The number of benzene rings is 1. The normalized spacial score (nSPS) is 21.6. The Morgan fingerprint density at radius 1 is 1.25 bits per heavy atom. The summed E-state index contributed by atoms with van der Waals surface area (Å²) >= 11 is 0. The van der Waals surface area contributed by atoms with Crippen LogP contribution in [0, 0.1) is 0 Å². The molecule has 2 N–H and O–H groups in total. The van der Waals surface area contributed by atoms with Crippen molar-refractivity contribution in [3.05, 3.63) is 35.9 Å². The van der Waals surface area contributed by atoms with Gasteiger partial charge in [-0.3, -0.25) is 4.90 Å². The number of nitrogens with zero attached hydrogens (tertiary/aromatic N) is 1. The summed E-state index contributed by atoms with van der Waals surface area (Å²) in [6.07, 6.45) is 0. The maximum atomic E-state index is 6.39. The fourth-order valence-corrected chi connectivity index (χ4v) is 2.13. The molecular weight excluding hydrogens is 200 g/mol. The first-order valence-corrected chi connectivity index (χ1v) is 5.83. The zero-order valence-corrected chi connectivity index (χ0v) is 9.86. The third kappa shape index (κ3) is 2.82. The van der Waals surface area contributed by atoms with E-state index < -0.39 is 0 Å². The van der Waals surface area contributed by atoms with E-state index in [2.05, 4.69) is 24.0 Å². The Bertz CT molecular complexity index is 318. The second kappa shape index (κ2) is 4.95. The summed E-state index contributed by atoms with van der Waals surface area (Å²) in [4.78, 5) is 2.37. The molecule has 1 aromatic carbocycles. The number of ether oxygens (including phenoxy) is 1. The Balaban J connectivity index is 2.01. The van der Waals surface area contributed by atoms with E-state index in [0.29, 0.717) is 0 Å². The van der Waals surface area contributed by atoms with Crippen molar-refractivity contribution >= 4 is 0 Å². The molecule has 0 radical (unpaired) electrons. The van der Waals surface area contributed by atoms with Crippen LogP contribution in [-0.4, -0.2) is 37.7 Å². The lowest BCUT2D eigenvalue weighted by Gasteiger charge is -2.35. The Labute approximate surface area is 97.2 Å². The van der Waals surface area contributed by atoms with E-state index in [4.69, 9.17) is 10.5 Å². The average molecular weight is 220 g/mol. The fraction of sp³-hybridized carbons (Fsp3) is 0.538. The highest BCUT2D eigenvalue weighted by molar-refractivity contribution is 5.23. The molecule has 1 aliphatic heterocycles. The summed E-state index contributed by atoms with van der Waals surface area (Å²) < 4.78 is 5.34. The quantitative estimate of drug-likeness (QED) is 0.831. The highest BCUT2D eigenvalue weighted by Gasteiger charge is 2.25. The van der Waals surface area contributed by atoms with E-state index in [1.165, 1.54) is 5.56 Å². The van der Waals surface area contributed by atoms with Gasteiger partial charge in [-0.05, 0) is 12.5 Å². The molecule has 1 saturated heterocycles. The van der Waals surface area contributed by atoms with Crippen LogP contribution in [0.4, 0.5) is 0 Å². The maximum Gasteiger partial charge on any atom is 0.0594 e. The van der Waals surface area contributed by atoms with Gasteiger partial charge in [0.1, 0.15) is 0 Å². The molecule has 0 saturated carbocycles. The number of rotatable bonds is 3. The molecule has 16 heavy (non-hydrogen) atoms. The van der Waals surface area contributed by atoms with E-state index in [9.17, 15) is 0 Å². The molecule has 88 valence electrons. The minimum absolute atomic E-state index is 0.279. The van der Waals surface area contributed by atoms with Gasteiger partial charge in [0.05, 0.1) is 18.8 Å². The van der Waals surface area contributed by atoms with Crippen molar-refractivity contribution in [3.63, 3.8) is 0 Å². The van der Waals surface area contributed by atoms with E-state index in [-0.39, 0.29) is 5.54 Å². The predicted molar refractivity (Wildman–Crippen MR) is 65.2 cm³/mol. The largest absolute Gasteiger partial charge is 0.379 e. The summed E-state index contributed by atoms with van der Waals surface area (Å²) in [6.45, 7) is 6.60. The molecule has 1 aromatic rings. The van der Waals surface area contributed by atoms with Crippen molar-refractivity contribution < 1.29 is 4.74 Å². The topological polar surface area (TPSA) is 38.5 Å². The number of morpholine rings is 1. The molecule has 3 nitrogen and oxygen atoms in total. The van der Waals surface area contributed by atoms with Gasteiger partial charge in [-0.25, -0.2) is 0 Å². The van der Waals surface area contributed by atoms with Gasteiger partial charge in [-0.1, -0.05) is 30.3 Å². The molecule has 1 aliphatic rings. The minimum atomic E-state index is -0.279. The van der Waals surface area contributed by atoms with Gasteiger partial charge in [0.15, 0.2) is 0 Å². The summed E-state index contributed by atoms with van der Waals surface area (Å²) in [7, 11) is 0. The van der Waals surface area contributed by atoms with Crippen LogP contribution < -0.4 is 5.73 Å². The summed E-state index contributed by atoms with van der Waals surface area (Å²) in [5.41, 5.74) is 7.30.